The first-order valence-electron chi connectivity index (χ1n) is 9.99. The van der Waals surface area contributed by atoms with Gasteiger partial charge in [-0.3, -0.25) is 9.59 Å². The van der Waals surface area contributed by atoms with Crippen LogP contribution in [-0.2, 0) is 19.7 Å². The van der Waals surface area contributed by atoms with E-state index in [9.17, 15) is 23.3 Å². The molecule has 12 heteroatoms. The second-order valence-corrected chi connectivity index (χ2v) is 10.3. The average Bonchev–Trinajstić information content (AvgIpc) is 2.82. The standard InChI is InChI=1S/C24H16BrCl2N3O5S/c1-14(31)29-17-6-8-18(9-7-17)36(33,34)35-22-10-5-15(12-19(22)25)11-16(13-28)24(32)30-21-4-2-3-20(26)23(21)27/h2-12H,1H3,(H,29,31)(H,30,32)/b16-11+. The van der Waals surface area contributed by atoms with Crippen LogP contribution in [0.25, 0.3) is 6.08 Å². The summed E-state index contributed by atoms with van der Waals surface area (Å²) in [6, 6.07) is 16.3. The highest BCUT2D eigenvalue weighted by Gasteiger charge is 2.19. The Morgan fingerprint density at radius 3 is 2.36 bits per heavy atom. The topological polar surface area (TPSA) is 125 Å². The Bertz CT molecular complexity index is 1520. The van der Waals surface area contributed by atoms with Crippen molar-refractivity contribution in [2.24, 2.45) is 0 Å². The van der Waals surface area contributed by atoms with Crippen molar-refractivity contribution in [2.75, 3.05) is 10.6 Å². The molecule has 0 saturated heterocycles. The third-order valence-corrected chi connectivity index (χ3v) is 7.18. The molecule has 36 heavy (non-hydrogen) atoms. The molecule has 0 heterocycles. The number of nitriles is 1. The summed E-state index contributed by atoms with van der Waals surface area (Å²) < 4.78 is 30.8. The quantitative estimate of drug-likeness (QED) is 0.192. The summed E-state index contributed by atoms with van der Waals surface area (Å²) in [5.74, 6) is -1.000. The lowest BCUT2D eigenvalue weighted by atomic mass is 10.1. The van der Waals surface area contributed by atoms with Gasteiger partial charge in [0, 0.05) is 12.6 Å². The van der Waals surface area contributed by atoms with Crippen LogP contribution >= 0.6 is 39.1 Å². The molecule has 0 atom stereocenters. The number of carbonyl (C=O) groups is 2. The minimum absolute atomic E-state index is 0.00763. The van der Waals surface area contributed by atoms with E-state index in [0.29, 0.717) is 11.3 Å². The fourth-order valence-electron chi connectivity index (χ4n) is 2.85. The summed E-state index contributed by atoms with van der Waals surface area (Å²) in [5.41, 5.74) is 0.887. The first-order valence-corrected chi connectivity index (χ1v) is 12.9. The van der Waals surface area contributed by atoms with Crippen molar-refractivity contribution in [3.63, 3.8) is 0 Å². The van der Waals surface area contributed by atoms with Crippen molar-refractivity contribution < 1.29 is 22.2 Å². The Morgan fingerprint density at radius 1 is 1.06 bits per heavy atom. The summed E-state index contributed by atoms with van der Waals surface area (Å²) in [6.45, 7) is 1.34. The molecule has 0 aliphatic carbocycles. The molecule has 8 nitrogen and oxygen atoms in total. The highest BCUT2D eigenvalue weighted by atomic mass is 79.9. The van der Waals surface area contributed by atoms with Gasteiger partial charge in [0.2, 0.25) is 5.91 Å². The fourth-order valence-corrected chi connectivity index (χ4v) is 4.73. The van der Waals surface area contributed by atoms with E-state index in [1.807, 2.05) is 6.07 Å². The minimum Gasteiger partial charge on any atom is -0.378 e. The smallest absolute Gasteiger partial charge is 0.339 e. The van der Waals surface area contributed by atoms with Crippen LogP contribution < -0.4 is 14.8 Å². The van der Waals surface area contributed by atoms with Gasteiger partial charge < -0.3 is 14.8 Å². The highest BCUT2D eigenvalue weighted by Crippen LogP contribution is 2.31. The zero-order valence-corrected chi connectivity index (χ0v) is 22.3. The van der Waals surface area contributed by atoms with Gasteiger partial charge in [0.05, 0.1) is 20.2 Å². The first-order chi connectivity index (χ1) is 17.0. The van der Waals surface area contributed by atoms with Crippen molar-refractivity contribution in [2.45, 2.75) is 11.8 Å². The third kappa shape index (κ3) is 6.86. The van der Waals surface area contributed by atoms with Gasteiger partial charge in [-0.1, -0.05) is 35.3 Å². The van der Waals surface area contributed by atoms with E-state index >= 15 is 0 Å². The van der Waals surface area contributed by atoms with Crippen molar-refractivity contribution in [1.29, 1.82) is 5.26 Å². The number of nitrogens with zero attached hydrogens (tertiary/aromatic N) is 1. The van der Waals surface area contributed by atoms with E-state index in [-0.39, 0.29) is 42.3 Å². The number of halogens is 3. The summed E-state index contributed by atoms with van der Waals surface area (Å²) in [6.07, 6.45) is 1.32. The van der Waals surface area contributed by atoms with Gasteiger partial charge in [0.15, 0.2) is 5.75 Å². The summed E-state index contributed by atoms with van der Waals surface area (Å²) >= 11 is 15.3. The molecular formula is C24H16BrCl2N3O5S. The lowest BCUT2D eigenvalue weighted by molar-refractivity contribution is -0.114. The molecule has 2 N–H and O–H groups in total. The first kappa shape index (κ1) is 27.2. The van der Waals surface area contributed by atoms with Crippen LogP contribution in [0.1, 0.15) is 12.5 Å². The Balaban J connectivity index is 1.78. The molecule has 0 spiro atoms. The maximum atomic E-state index is 12.7. The number of benzene rings is 3. The molecule has 0 aliphatic heterocycles. The van der Waals surface area contributed by atoms with Crippen LogP contribution in [0.3, 0.4) is 0 Å². The number of anilines is 2. The SMILES string of the molecule is CC(=O)Nc1ccc(S(=O)(=O)Oc2ccc(/C=C(\C#N)C(=O)Nc3cccc(Cl)c3Cl)cc2Br)cc1. The number of hydrogen-bond donors (Lipinski definition) is 2. The van der Waals surface area contributed by atoms with E-state index in [1.54, 1.807) is 12.1 Å². The van der Waals surface area contributed by atoms with Crippen molar-refractivity contribution in [3.8, 4) is 11.8 Å². The Morgan fingerprint density at radius 2 is 1.75 bits per heavy atom. The number of hydrogen-bond acceptors (Lipinski definition) is 6. The molecule has 184 valence electrons. The van der Waals surface area contributed by atoms with Gasteiger partial charge in [0.25, 0.3) is 5.91 Å². The summed E-state index contributed by atoms with van der Waals surface area (Å²) in [7, 11) is -4.18. The highest BCUT2D eigenvalue weighted by molar-refractivity contribution is 9.10. The van der Waals surface area contributed by atoms with E-state index in [1.165, 1.54) is 61.5 Å². The predicted molar refractivity (Wildman–Crippen MR) is 141 cm³/mol. The predicted octanol–water partition coefficient (Wildman–Crippen LogP) is 6.03. The summed E-state index contributed by atoms with van der Waals surface area (Å²) in [4.78, 5) is 23.6. The van der Waals surface area contributed by atoms with Gasteiger partial charge >= 0.3 is 10.1 Å². The van der Waals surface area contributed by atoms with Gasteiger partial charge in [0.1, 0.15) is 16.5 Å². The maximum absolute atomic E-state index is 12.7. The largest absolute Gasteiger partial charge is 0.378 e. The average molecular weight is 609 g/mol. The molecular weight excluding hydrogens is 593 g/mol. The van der Waals surface area contributed by atoms with E-state index in [4.69, 9.17) is 27.4 Å². The second kappa shape index (κ2) is 11.6. The van der Waals surface area contributed by atoms with Crippen LogP contribution in [0.4, 0.5) is 11.4 Å². The Kier molecular flexibility index (Phi) is 8.76. The molecule has 3 aromatic carbocycles. The Hall–Kier alpha value is -3.36. The molecule has 0 aliphatic rings. The monoisotopic (exact) mass is 607 g/mol. The number of rotatable bonds is 7. The van der Waals surface area contributed by atoms with Gasteiger partial charge in [-0.25, -0.2) is 0 Å². The minimum atomic E-state index is -4.18. The van der Waals surface area contributed by atoms with Crippen LogP contribution in [-0.4, -0.2) is 20.2 Å². The summed E-state index contributed by atoms with van der Waals surface area (Å²) in [5, 5.41) is 14.9. The van der Waals surface area contributed by atoms with Crippen LogP contribution in [0.5, 0.6) is 5.75 Å². The number of nitrogens with one attached hydrogen (secondary N) is 2. The molecule has 0 saturated carbocycles. The molecule has 2 amide bonds. The van der Waals surface area contributed by atoms with Gasteiger partial charge in [-0.15, -0.1) is 0 Å². The van der Waals surface area contributed by atoms with E-state index < -0.39 is 16.0 Å². The van der Waals surface area contributed by atoms with E-state index in [0.717, 1.165) is 0 Å². The molecule has 3 rings (SSSR count). The lowest BCUT2D eigenvalue weighted by Crippen LogP contribution is -2.13. The van der Waals surface area contributed by atoms with Gasteiger partial charge in [-0.05, 0) is 76.1 Å². The normalized spacial score (nSPS) is 11.4. The van der Waals surface area contributed by atoms with E-state index in [2.05, 4.69) is 26.6 Å². The van der Waals surface area contributed by atoms with Crippen molar-refractivity contribution in [1.82, 2.24) is 0 Å². The Labute approximate surface area is 225 Å². The second-order valence-electron chi connectivity index (χ2n) is 7.16. The molecule has 0 radical (unpaired) electrons. The fraction of sp³-hybridized carbons (Fsp3) is 0.0417. The van der Waals surface area contributed by atoms with Gasteiger partial charge in [-0.2, -0.15) is 13.7 Å². The number of carbonyl (C=O) groups excluding carboxylic acids is 2. The lowest BCUT2D eigenvalue weighted by Gasteiger charge is -2.10. The van der Waals surface area contributed by atoms with Crippen LogP contribution in [0.15, 0.2) is 75.6 Å². The number of amides is 2. The van der Waals surface area contributed by atoms with Crippen molar-refractivity contribution in [3.05, 3.63) is 86.3 Å². The molecule has 0 bridgehead atoms. The van der Waals surface area contributed by atoms with Crippen molar-refractivity contribution >= 4 is 78.5 Å². The third-order valence-electron chi connectivity index (χ3n) is 4.49. The molecule has 0 unspecified atom stereocenters. The molecule has 0 fully saturated rings. The zero-order chi connectivity index (χ0) is 26.5. The molecule has 0 aromatic heterocycles. The maximum Gasteiger partial charge on any atom is 0.339 e. The van der Waals surface area contributed by atoms with Crippen LogP contribution in [0, 0.1) is 11.3 Å². The zero-order valence-electron chi connectivity index (χ0n) is 18.4. The molecule has 3 aromatic rings. The van der Waals surface area contributed by atoms with Crippen LogP contribution in [0.2, 0.25) is 10.0 Å².